The molecular formula is C33H34. The van der Waals surface area contributed by atoms with Gasteiger partial charge in [0.05, 0.1) is 0 Å². The Hall–Kier alpha value is -3.90. The summed E-state index contributed by atoms with van der Waals surface area (Å²) in [5.41, 5.74) is 9.17. The van der Waals surface area contributed by atoms with Gasteiger partial charge in [0.1, 0.15) is 0 Å². The van der Waals surface area contributed by atoms with Crippen molar-refractivity contribution in [3.8, 4) is 0 Å². The molecule has 0 spiro atoms. The van der Waals surface area contributed by atoms with Crippen LogP contribution < -0.4 is 0 Å². The van der Waals surface area contributed by atoms with E-state index < -0.39 is 0 Å². The zero-order valence-electron chi connectivity index (χ0n) is 20.1. The van der Waals surface area contributed by atoms with Gasteiger partial charge in [-0.1, -0.05) is 140 Å². The van der Waals surface area contributed by atoms with Crippen LogP contribution in [0.5, 0.6) is 0 Å². The lowest BCUT2D eigenvalue weighted by Gasteiger charge is -2.15. The highest BCUT2D eigenvalue weighted by atomic mass is 14.1. The topological polar surface area (TPSA) is 0 Å². The molecule has 0 nitrogen and oxygen atoms in total. The lowest BCUT2D eigenvalue weighted by Crippen LogP contribution is -1.93. The molecule has 0 aliphatic rings. The van der Waals surface area contributed by atoms with E-state index in [0.29, 0.717) is 0 Å². The van der Waals surface area contributed by atoms with Crippen LogP contribution in [0.4, 0.5) is 0 Å². The quantitative estimate of drug-likeness (QED) is 0.329. The molecule has 0 aliphatic heterocycles. The molecule has 0 amide bonds. The second-order valence-corrected chi connectivity index (χ2v) is 7.69. The third-order valence-corrected chi connectivity index (χ3v) is 5.18. The molecule has 0 aromatic heterocycles. The summed E-state index contributed by atoms with van der Waals surface area (Å²) in [6, 6.07) is 15.1. The standard InChI is InChI=1S/C33H34/c1-7-15-30-25-31(24-23-28(30)10-4)32(16-8-2)33(29-21-19-27(6)20-22-29)18-14-12-11-13-17-26(5)9-3/h7-25H,2-4H2,1,5-6H3/b13-11+,14-12-,15-7-,26-17+,32-16+,33-18+. The molecule has 0 aliphatic carbocycles. The molecule has 0 saturated carbocycles. The normalized spacial score (nSPS) is 13.2. The van der Waals surface area contributed by atoms with Crippen LogP contribution in [-0.2, 0) is 0 Å². The minimum absolute atomic E-state index is 1.11. The van der Waals surface area contributed by atoms with E-state index in [-0.39, 0.29) is 0 Å². The van der Waals surface area contributed by atoms with Crippen LogP contribution in [-0.4, -0.2) is 0 Å². The molecule has 0 N–H and O–H groups in total. The second kappa shape index (κ2) is 13.5. The van der Waals surface area contributed by atoms with Gasteiger partial charge in [0, 0.05) is 0 Å². The van der Waals surface area contributed by atoms with Crippen molar-refractivity contribution in [2.45, 2.75) is 20.8 Å². The molecular weight excluding hydrogens is 396 g/mol. The zero-order chi connectivity index (χ0) is 24.1. The maximum Gasteiger partial charge on any atom is -0.0105 e. The van der Waals surface area contributed by atoms with Crippen LogP contribution in [0.3, 0.4) is 0 Å². The Balaban J connectivity index is 2.59. The molecule has 0 atom stereocenters. The number of allylic oxidation sites excluding steroid dienone is 13. The number of hydrogen-bond acceptors (Lipinski definition) is 0. The Morgan fingerprint density at radius 3 is 1.97 bits per heavy atom. The minimum Gasteiger partial charge on any atom is -0.0990 e. The molecule has 2 rings (SSSR count). The molecule has 33 heavy (non-hydrogen) atoms. The molecule has 2 aromatic rings. The van der Waals surface area contributed by atoms with E-state index >= 15 is 0 Å². The molecule has 2 aromatic carbocycles. The fraction of sp³-hybridized carbons (Fsp3) is 0.0909. The van der Waals surface area contributed by atoms with Crippen LogP contribution in [0, 0.1) is 6.92 Å². The predicted octanol–water partition coefficient (Wildman–Crippen LogP) is 9.57. The maximum atomic E-state index is 3.98. The van der Waals surface area contributed by atoms with E-state index in [1.807, 2.05) is 56.4 Å². The van der Waals surface area contributed by atoms with Crippen molar-refractivity contribution in [3.05, 3.63) is 156 Å². The van der Waals surface area contributed by atoms with Crippen molar-refractivity contribution < 1.29 is 0 Å². The lowest BCUT2D eigenvalue weighted by atomic mass is 9.89. The van der Waals surface area contributed by atoms with Gasteiger partial charge in [0.25, 0.3) is 0 Å². The van der Waals surface area contributed by atoms with Crippen LogP contribution in [0.2, 0.25) is 0 Å². The summed E-state index contributed by atoms with van der Waals surface area (Å²) >= 11 is 0. The Morgan fingerprint density at radius 2 is 1.36 bits per heavy atom. The first-order valence-electron chi connectivity index (χ1n) is 11.2. The van der Waals surface area contributed by atoms with Crippen molar-refractivity contribution in [2.75, 3.05) is 0 Å². The van der Waals surface area contributed by atoms with Crippen LogP contribution >= 0.6 is 0 Å². The summed E-state index contributed by atoms with van der Waals surface area (Å²) < 4.78 is 0. The molecule has 0 saturated heterocycles. The summed E-state index contributed by atoms with van der Waals surface area (Å²) in [6.07, 6.45) is 24.2. The van der Waals surface area contributed by atoms with Crippen molar-refractivity contribution in [1.29, 1.82) is 0 Å². The smallest absolute Gasteiger partial charge is 0.0105 e. The number of aryl methyl sites for hydroxylation is 1. The summed E-state index contributed by atoms with van der Waals surface area (Å²) in [6.45, 7) is 17.9. The van der Waals surface area contributed by atoms with Gasteiger partial charge in [0.15, 0.2) is 0 Å². The van der Waals surface area contributed by atoms with Crippen molar-refractivity contribution in [1.82, 2.24) is 0 Å². The average Bonchev–Trinajstić information content (AvgIpc) is 2.83. The van der Waals surface area contributed by atoms with Gasteiger partial charge in [0.2, 0.25) is 0 Å². The highest BCUT2D eigenvalue weighted by Crippen LogP contribution is 2.33. The first kappa shape index (κ1) is 25.4. The van der Waals surface area contributed by atoms with E-state index in [0.717, 1.165) is 39.0 Å². The van der Waals surface area contributed by atoms with Crippen LogP contribution in [0.1, 0.15) is 41.7 Å². The molecule has 0 heteroatoms. The fourth-order valence-electron chi connectivity index (χ4n) is 3.34. The molecule has 0 heterocycles. The van der Waals surface area contributed by atoms with Gasteiger partial charge in [-0.05, 0) is 60.2 Å². The monoisotopic (exact) mass is 430 g/mol. The third kappa shape index (κ3) is 7.63. The zero-order valence-corrected chi connectivity index (χ0v) is 20.1. The minimum atomic E-state index is 1.11. The van der Waals surface area contributed by atoms with Crippen LogP contribution in [0.15, 0.2) is 129 Å². The predicted molar refractivity (Wildman–Crippen MR) is 151 cm³/mol. The first-order valence-corrected chi connectivity index (χ1v) is 11.2. The van der Waals surface area contributed by atoms with Gasteiger partial charge in [-0.25, -0.2) is 0 Å². The number of rotatable bonds is 10. The summed E-state index contributed by atoms with van der Waals surface area (Å²) in [5, 5.41) is 0. The largest absolute Gasteiger partial charge is 0.0990 e. The Kier molecular flexibility index (Phi) is 10.4. The van der Waals surface area contributed by atoms with Gasteiger partial charge < -0.3 is 0 Å². The lowest BCUT2D eigenvalue weighted by molar-refractivity contribution is 1.45. The van der Waals surface area contributed by atoms with Crippen molar-refractivity contribution >= 4 is 23.3 Å². The second-order valence-electron chi connectivity index (χ2n) is 7.69. The molecule has 0 bridgehead atoms. The molecule has 166 valence electrons. The van der Waals surface area contributed by atoms with Gasteiger partial charge in [-0.3, -0.25) is 0 Å². The highest BCUT2D eigenvalue weighted by Gasteiger charge is 2.11. The molecule has 0 radical (unpaired) electrons. The van der Waals surface area contributed by atoms with Gasteiger partial charge >= 0.3 is 0 Å². The van der Waals surface area contributed by atoms with Crippen molar-refractivity contribution in [2.24, 2.45) is 0 Å². The summed E-state index contributed by atoms with van der Waals surface area (Å²) in [7, 11) is 0. The van der Waals surface area contributed by atoms with Gasteiger partial charge in [-0.2, -0.15) is 0 Å². The average molecular weight is 431 g/mol. The third-order valence-electron chi connectivity index (χ3n) is 5.18. The van der Waals surface area contributed by atoms with Crippen molar-refractivity contribution in [3.63, 3.8) is 0 Å². The maximum absolute atomic E-state index is 3.98. The molecule has 0 unspecified atom stereocenters. The Labute approximate surface area is 200 Å². The van der Waals surface area contributed by atoms with E-state index in [4.69, 9.17) is 0 Å². The SMILES string of the molecule is C=C/C=C(/C(=C/C=C\C=C\C=C(/C)C=C)c1ccc(C)cc1)c1ccc(C=C)c(/C=C\C)c1. The summed E-state index contributed by atoms with van der Waals surface area (Å²) in [5.74, 6) is 0. The van der Waals surface area contributed by atoms with Crippen LogP contribution in [0.25, 0.3) is 23.3 Å². The highest BCUT2D eigenvalue weighted by molar-refractivity contribution is 6.06. The Morgan fingerprint density at radius 1 is 0.727 bits per heavy atom. The fourth-order valence-corrected chi connectivity index (χ4v) is 3.34. The Bertz CT molecular complexity index is 1150. The number of benzene rings is 2. The number of hydrogen-bond donors (Lipinski definition) is 0. The summed E-state index contributed by atoms with van der Waals surface area (Å²) in [4.78, 5) is 0. The molecule has 0 fully saturated rings. The van der Waals surface area contributed by atoms with E-state index in [1.54, 1.807) is 0 Å². The van der Waals surface area contributed by atoms with E-state index in [9.17, 15) is 0 Å². The van der Waals surface area contributed by atoms with E-state index in [1.165, 1.54) is 5.56 Å². The van der Waals surface area contributed by atoms with Gasteiger partial charge in [-0.15, -0.1) is 0 Å². The first-order chi connectivity index (χ1) is 16.0. The van der Waals surface area contributed by atoms with E-state index in [2.05, 4.69) is 99.5 Å².